The van der Waals surface area contributed by atoms with Crippen LogP contribution in [-0.4, -0.2) is 5.91 Å². The Morgan fingerprint density at radius 2 is 1.71 bits per heavy atom. The molecule has 0 saturated heterocycles. The summed E-state index contributed by atoms with van der Waals surface area (Å²) >= 11 is 0. The van der Waals surface area contributed by atoms with E-state index in [4.69, 9.17) is 0 Å². The molecule has 2 nitrogen and oxygen atoms in total. The Hall–Kier alpha value is -2.23. The third-order valence-corrected chi connectivity index (χ3v) is 3.16. The van der Waals surface area contributed by atoms with E-state index < -0.39 is 17.5 Å². The standard InChI is InChI=1S/C17H17F2NO/c1-17(2,3)13-6-4-5-7-15(13)20-16(21)12-9-8-11(18)10-14(12)19/h4-10H,1-3H3,(H,20,21). The van der Waals surface area contributed by atoms with Gasteiger partial charge in [0.2, 0.25) is 0 Å². The van der Waals surface area contributed by atoms with Gasteiger partial charge in [-0.2, -0.15) is 0 Å². The summed E-state index contributed by atoms with van der Waals surface area (Å²) in [6.07, 6.45) is 0. The number of benzene rings is 2. The van der Waals surface area contributed by atoms with E-state index >= 15 is 0 Å². The summed E-state index contributed by atoms with van der Waals surface area (Å²) in [4.78, 5) is 12.2. The minimum atomic E-state index is -0.874. The number of anilines is 1. The molecule has 0 aliphatic rings. The minimum Gasteiger partial charge on any atom is -0.322 e. The molecular weight excluding hydrogens is 272 g/mol. The fourth-order valence-corrected chi connectivity index (χ4v) is 2.11. The molecule has 0 atom stereocenters. The maximum Gasteiger partial charge on any atom is 0.258 e. The lowest BCUT2D eigenvalue weighted by atomic mass is 9.86. The number of carbonyl (C=O) groups excluding carboxylic acids is 1. The summed E-state index contributed by atoms with van der Waals surface area (Å²) in [6, 6.07) is 10.3. The van der Waals surface area contributed by atoms with Crippen molar-refractivity contribution in [3.05, 3.63) is 65.2 Å². The molecule has 21 heavy (non-hydrogen) atoms. The molecule has 110 valence electrons. The van der Waals surface area contributed by atoms with E-state index in [1.165, 1.54) is 0 Å². The summed E-state index contributed by atoms with van der Waals surface area (Å²) < 4.78 is 26.5. The summed E-state index contributed by atoms with van der Waals surface area (Å²) in [5.41, 5.74) is 1.23. The van der Waals surface area contributed by atoms with E-state index in [1.54, 1.807) is 12.1 Å². The van der Waals surface area contributed by atoms with Gasteiger partial charge in [-0.1, -0.05) is 39.0 Å². The number of nitrogens with one attached hydrogen (secondary N) is 1. The Bertz CT molecular complexity index is 675. The molecule has 1 amide bonds. The van der Waals surface area contributed by atoms with Crippen molar-refractivity contribution in [2.24, 2.45) is 0 Å². The van der Waals surface area contributed by atoms with Crippen molar-refractivity contribution in [2.75, 3.05) is 5.32 Å². The highest BCUT2D eigenvalue weighted by Gasteiger charge is 2.20. The molecular formula is C17H17F2NO. The third-order valence-electron chi connectivity index (χ3n) is 3.16. The van der Waals surface area contributed by atoms with Gasteiger partial charge in [0.25, 0.3) is 5.91 Å². The molecule has 2 aromatic carbocycles. The van der Waals surface area contributed by atoms with Gasteiger partial charge < -0.3 is 5.32 Å². The highest BCUT2D eigenvalue weighted by atomic mass is 19.1. The van der Waals surface area contributed by atoms with Crippen molar-refractivity contribution >= 4 is 11.6 Å². The molecule has 2 aromatic rings. The van der Waals surface area contributed by atoms with E-state index in [0.29, 0.717) is 11.8 Å². The van der Waals surface area contributed by atoms with Crippen LogP contribution in [0.2, 0.25) is 0 Å². The number of rotatable bonds is 2. The fraction of sp³-hybridized carbons (Fsp3) is 0.235. The topological polar surface area (TPSA) is 29.1 Å². The normalized spacial score (nSPS) is 11.3. The molecule has 0 radical (unpaired) electrons. The number of carbonyl (C=O) groups is 1. The Morgan fingerprint density at radius 3 is 2.33 bits per heavy atom. The SMILES string of the molecule is CC(C)(C)c1ccccc1NC(=O)c1ccc(F)cc1F. The number of halogens is 2. The molecule has 0 bridgehead atoms. The first-order valence-electron chi connectivity index (χ1n) is 6.65. The summed E-state index contributed by atoms with van der Waals surface area (Å²) in [5.74, 6) is -2.18. The van der Waals surface area contributed by atoms with Crippen LogP contribution in [0.15, 0.2) is 42.5 Å². The van der Waals surface area contributed by atoms with Crippen molar-refractivity contribution in [3.63, 3.8) is 0 Å². The van der Waals surface area contributed by atoms with E-state index in [2.05, 4.69) is 5.32 Å². The van der Waals surface area contributed by atoms with Crippen LogP contribution < -0.4 is 5.32 Å². The second-order valence-electron chi connectivity index (χ2n) is 5.87. The van der Waals surface area contributed by atoms with Gasteiger partial charge in [-0.3, -0.25) is 4.79 Å². The molecule has 0 aliphatic heterocycles. The summed E-state index contributed by atoms with van der Waals surface area (Å²) in [6.45, 7) is 6.07. The zero-order valence-corrected chi connectivity index (χ0v) is 12.2. The van der Waals surface area contributed by atoms with Gasteiger partial charge in [-0.05, 0) is 29.2 Å². The van der Waals surface area contributed by atoms with Gasteiger partial charge >= 0.3 is 0 Å². The monoisotopic (exact) mass is 289 g/mol. The molecule has 4 heteroatoms. The van der Waals surface area contributed by atoms with Crippen LogP contribution in [-0.2, 0) is 5.41 Å². The number of hydrogen-bond acceptors (Lipinski definition) is 1. The van der Waals surface area contributed by atoms with Crippen molar-refractivity contribution in [3.8, 4) is 0 Å². The lowest BCUT2D eigenvalue weighted by Crippen LogP contribution is -2.19. The van der Waals surface area contributed by atoms with E-state index in [1.807, 2.05) is 32.9 Å². The molecule has 0 aromatic heterocycles. The van der Waals surface area contributed by atoms with Crippen LogP contribution in [0.1, 0.15) is 36.7 Å². The molecule has 2 rings (SSSR count). The maximum atomic E-state index is 13.6. The van der Waals surface area contributed by atoms with Gasteiger partial charge in [0.05, 0.1) is 5.56 Å². The molecule has 0 spiro atoms. The number of hydrogen-bond donors (Lipinski definition) is 1. The zero-order chi connectivity index (χ0) is 15.6. The van der Waals surface area contributed by atoms with Gasteiger partial charge in [-0.15, -0.1) is 0 Å². The van der Waals surface area contributed by atoms with E-state index in [-0.39, 0.29) is 11.0 Å². The Kier molecular flexibility index (Phi) is 4.07. The third kappa shape index (κ3) is 3.45. The second-order valence-corrected chi connectivity index (χ2v) is 5.87. The molecule has 0 heterocycles. The minimum absolute atomic E-state index is 0.161. The van der Waals surface area contributed by atoms with Crippen LogP contribution in [0.25, 0.3) is 0 Å². The molecule has 0 unspecified atom stereocenters. The van der Waals surface area contributed by atoms with Crippen molar-refractivity contribution < 1.29 is 13.6 Å². The second kappa shape index (κ2) is 5.64. The predicted molar refractivity (Wildman–Crippen MR) is 79.5 cm³/mol. The smallest absolute Gasteiger partial charge is 0.258 e. The Morgan fingerprint density at radius 1 is 1.05 bits per heavy atom. The quantitative estimate of drug-likeness (QED) is 0.865. The molecule has 0 fully saturated rings. The average molecular weight is 289 g/mol. The predicted octanol–water partition coefficient (Wildman–Crippen LogP) is 4.51. The van der Waals surface area contributed by atoms with Gasteiger partial charge in [-0.25, -0.2) is 8.78 Å². The Labute approximate surface area is 122 Å². The van der Waals surface area contributed by atoms with Crippen molar-refractivity contribution in [1.29, 1.82) is 0 Å². The summed E-state index contributed by atoms with van der Waals surface area (Å²) in [7, 11) is 0. The van der Waals surface area contributed by atoms with E-state index in [9.17, 15) is 13.6 Å². The summed E-state index contributed by atoms with van der Waals surface area (Å²) in [5, 5.41) is 2.69. The number of amides is 1. The van der Waals surface area contributed by atoms with E-state index in [0.717, 1.165) is 17.7 Å². The zero-order valence-electron chi connectivity index (χ0n) is 12.2. The first kappa shape index (κ1) is 15.2. The average Bonchev–Trinajstić information content (AvgIpc) is 2.37. The highest BCUT2D eigenvalue weighted by Crippen LogP contribution is 2.29. The Balaban J connectivity index is 2.32. The van der Waals surface area contributed by atoms with Gasteiger partial charge in [0.1, 0.15) is 11.6 Å². The van der Waals surface area contributed by atoms with Crippen LogP contribution in [0.5, 0.6) is 0 Å². The molecule has 0 aliphatic carbocycles. The van der Waals surface area contributed by atoms with Crippen LogP contribution in [0, 0.1) is 11.6 Å². The maximum absolute atomic E-state index is 13.6. The lowest BCUT2D eigenvalue weighted by Gasteiger charge is -2.23. The first-order valence-corrected chi connectivity index (χ1v) is 6.65. The van der Waals surface area contributed by atoms with Gasteiger partial charge in [0, 0.05) is 11.8 Å². The molecule has 1 N–H and O–H groups in total. The number of para-hydroxylation sites is 1. The van der Waals surface area contributed by atoms with Crippen LogP contribution in [0.3, 0.4) is 0 Å². The highest BCUT2D eigenvalue weighted by molar-refractivity contribution is 6.04. The lowest BCUT2D eigenvalue weighted by molar-refractivity contribution is 0.102. The van der Waals surface area contributed by atoms with Crippen molar-refractivity contribution in [1.82, 2.24) is 0 Å². The molecule has 0 saturated carbocycles. The van der Waals surface area contributed by atoms with Gasteiger partial charge in [0.15, 0.2) is 0 Å². The fourth-order valence-electron chi connectivity index (χ4n) is 2.11. The van der Waals surface area contributed by atoms with Crippen LogP contribution in [0.4, 0.5) is 14.5 Å². The van der Waals surface area contributed by atoms with Crippen molar-refractivity contribution in [2.45, 2.75) is 26.2 Å². The van der Waals surface area contributed by atoms with Crippen LogP contribution >= 0.6 is 0 Å². The first-order chi connectivity index (χ1) is 9.79. The largest absolute Gasteiger partial charge is 0.322 e.